The minimum atomic E-state index is 0.603. The normalized spacial score (nSPS) is 11.8. The molecule has 0 bridgehead atoms. The summed E-state index contributed by atoms with van der Waals surface area (Å²) in [6.07, 6.45) is 0. The van der Waals surface area contributed by atoms with E-state index < -0.39 is 0 Å². The van der Waals surface area contributed by atoms with Gasteiger partial charge in [0.05, 0.1) is 5.39 Å². The maximum absolute atomic E-state index is 6.38. The third kappa shape index (κ3) is 4.22. The Bertz CT molecular complexity index is 2770. The minimum absolute atomic E-state index is 0.603. The quantitative estimate of drug-likeness (QED) is 0.192. The minimum Gasteiger partial charge on any atom is -0.456 e. The number of hydrogen-bond donors (Lipinski definition) is 0. The zero-order chi connectivity index (χ0) is 31.6. The lowest BCUT2D eigenvalue weighted by atomic mass is 10.0. The number of aromatic nitrogens is 1. The molecule has 7 aromatic carbocycles. The summed E-state index contributed by atoms with van der Waals surface area (Å²) in [5.41, 5.74) is 11.3. The first-order valence-electron chi connectivity index (χ1n) is 15.9. The summed E-state index contributed by atoms with van der Waals surface area (Å²) < 4.78 is 18.6. The van der Waals surface area contributed by atoms with Crippen molar-refractivity contribution in [3.05, 3.63) is 158 Å². The lowest BCUT2D eigenvalue weighted by Crippen LogP contribution is -2.09. The SMILES string of the molecule is c1ccc(-c2nc3c(ccc4oc5cc(-c6ccc(N(c7ccccc7)c7ccc8oc9ccccc9c8c7)cc6)ccc5c43)o2)cc1. The highest BCUT2D eigenvalue weighted by Crippen LogP contribution is 2.41. The molecule has 0 unspecified atom stereocenters. The van der Waals surface area contributed by atoms with E-state index in [0.29, 0.717) is 5.89 Å². The van der Waals surface area contributed by atoms with E-state index in [1.807, 2.05) is 60.7 Å². The van der Waals surface area contributed by atoms with Crippen LogP contribution in [0, 0.1) is 0 Å². The highest BCUT2D eigenvalue weighted by Gasteiger charge is 2.18. The van der Waals surface area contributed by atoms with Gasteiger partial charge >= 0.3 is 0 Å². The summed E-state index contributed by atoms with van der Waals surface area (Å²) in [5.74, 6) is 0.603. The Labute approximate surface area is 274 Å². The summed E-state index contributed by atoms with van der Waals surface area (Å²) in [6.45, 7) is 0. The number of para-hydroxylation sites is 2. The molecule has 5 heteroatoms. The van der Waals surface area contributed by atoms with Crippen LogP contribution in [0.25, 0.3) is 77.6 Å². The van der Waals surface area contributed by atoms with Crippen molar-refractivity contribution in [1.82, 2.24) is 4.98 Å². The molecular weight excluding hydrogens is 592 g/mol. The predicted molar refractivity (Wildman–Crippen MR) is 194 cm³/mol. The average Bonchev–Trinajstić information content (AvgIpc) is 3.86. The van der Waals surface area contributed by atoms with Crippen LogP contribution < -0.4 is 4.90 Å². The molecule has 3 aromatic heterocycles. The highest BCUT2D eigenvalue weighted by atomic mass is 16.4. The third-order valence-electron chi connectivity index (χ3n) is 9.11. The molecule has 0 saturated carbocycles. The molecule has 0 radical (unpaired) electrons. The molecule has 0 aliphatic carbocycles. The molecule has 226 valence electrons. The number of anilines is 3. The zero-order valence-corrected chi connectivity index (χ0v) is 25.6. The molecule has 0 aliphatic heterocycles. The molecule has 10 rings (SSSR count). The maximum Gasteiger partial charge on any atom is 0.227 e. The van der Waals surface area contributed by atoms with Gasteiger partial charge in [0.1, 0.15) is 27.8 Å². The van der Waals surface area contributed by atoms with Gasteiger partial charge in [0.25, 0.3) is 0 Å². The monoisotopic (exact) mass is 618 g/mol. The highest BCUT2D eigenvalue weighted by molar-refractivity contribution is 6.17. The lowest BCUT2D eigenvalue weighted by molar-refractivity contribution is 0.619. The molecule has 5 nitrogen and oxygen atoms in total. The van der Waals surface area contributed by atoms with Crippen LogP contribution in [0.1, 0.15) is 0 Å². The van der Waals surface area contributed by atoms with Gasteiger partial charge in [-0.2, -0.15) is 0 Å². The second-order valence-electron chi connectivity index (χ2n) is 12.0. The van der Waals surface area contributed by atoms with Gasteiger partial charge in [-0.25, -0.2) is 4.98 Å². The lowest BCUT2D eigenvalue weighted by Gasteiger charge is -2.25. The molecule has 0 saturated heterocycles. The molecule has 0 N–H and O–H groups in total. The fraction of sp³-hybridized carbons (Fsp3) is 0. The van der Waals surface area contributed by atoms with Gasteiger partial charge < -0.3 is 18.2 Å². The van der Waals surface area contributed by atoms with E-state index in [1.54, 1.807) is 0 Å². The van der Waals surface area contributed by atoms with Gasteiger partial charge in [-0.1, -0.05) is 72.8 Å². The van der Waals surface area contributed by atoms with Crippen molar-refractivity contribution in [2.45, 2.75) is 0 Å². The van der Waals surface area contributed by atoms with E-state index >= 15 is 0 Å². The van der Waals surface area contributed by atoms with Crippen LogP contribution in [0.2, 0.25) is 0 Å². The molecular formula is C43H26N2O3. The maximum atomic E-state index is 6.38. The number of rotatable bonds is 5. The summed E-state index contributed by atoms with van der Waals surface area (Å²) >= 11 is 0. The van der Waals surface area contributed by atoms with E-state index in [0.717, 1.165) is 88.7 Å². The molecule has 0 amide bonds. The molecule has 10 aromatic rings. The number of furan rings is 2. The van der Waals surface area contributed by atoms with Gasteiger partial charge in [-0.15, -0.1) is 0 Å². The third-order valence-corrected chi connectivity index (χ3v) is 9.11. The zero-order valence-electron chi connectivity index (χ0n) is 25.6. The molecule has 0 fully saturated rings. The van der Waals surface area contributed by atoms with E-state index in [1.165, 1.54) is 0 Å². The smallest absolute Gasteiger partial charge is 0.227 e. The Balaban J connectivity index is 1.04. The second-order valence-corrected chi connectivity index (χ2v) is 12.0. The molecule has 0 atom stereocenters. The van der Waals surface area contributed by atoms with E-state index in [-0.39, 0.29) is 0 Å². The number of oxazole rings is 1. The summed E-state index contributed by atoms with van der Waals surface area (Å²) in [6, 6.07) is 54.0. The van der Waals surface area contributed by atoms with Crippen molar-refractivity contribution in [1.29, 1.82) is 0 Å². The van der Waals surface area contributed by atoms with Crippen LogP contribution in [0.15, 0.2) is 171 Å². The summed E-state index contributed by atoms with van der Waals surface area (Å²) in [4.78, 5) is 7.16. The van der Waals surface area contributed by atoms with Crippen molar-refractivity contribution >= 4 is 72.0 Å². The van der Waals surface area contributed by atoms with Crippen LogP contribution in [-0.2, 0) is 0 Å². The van der Waals surface area contributed by atoms with Crippen molar-refractivity contribution in [2.24, 2.45) is 0 Å². The first-order valence-corrected chi connectivity index (χ1v) is 15.9. The summed E-state index contributed by atoms with van der Waals surface area (Å²) in [7, 11) is 0. The number of fused-ring (bicyclic) bond motifs is 8. The van der Waals surface area contributed by atoms with Crippen molar-refractivity contribution in [2.75, 3.05) is 4.90 Å². The van der Waals surface area contributed by atoms with E-state index in [2.05, 4.69) is 102 Å². The predicted octanol–water partition coefficient (Wildman–Crippen LogP) is 12.4. The van der Waals surface area contributed by atoms with Crippen LogP contribution >= 0.6 is 0 Å². The Kier molecular flexibility index (Phi) is 5.81. The van der Waals surface area contributed by atoms with Crippen LogP contribution in [0.4, 0.5) is 17.1 Å². The van der Waals surface area contributed by atoms with Crippen LogP contribution in [-0.4, -0.2) is 4.98 Å². The molecule has 3 heterocycles. The molecule has 0 aliphatic rings. The second kappa shape index (κ2) is 10.5. The number of nitrogens with zero attached hydrogens (tertiary/aromatic N) is 2. The Morgan fingerprint density at radius 1 is 0.375 bits per heavy atom. The van der Waals surface area contributed by atoms with Crippen molar-refractivity contribution in [3.63, 3.8) is 0 Å². The van der Waals surface area contributed by atoms with Crippen LogP contribution in [0.3, 0.4) is 0 Å². The summed E-state index contributed by atoms with van der Waals surface area (Å²) in [5, 5.41) is 4.19. The van der Waals surface area contributed by atoms with Crippen molar-refractivity contribution < 1.29 is 13.3 Å². The first kappa shape index (κ1) is 26.6. The fourth-order valence-corrected chi connectivity index (χ4v) is 6.82. The number of hydrogen-bond acceptors (Lipinski definition) is 5. The van der Waals surface area contributed by atoms with Gasteiger partial charge in [0.2, 0.25) is 5.89 Å². The average molecular weight is 619 g/mol. The fourth-order valence-electron chi connectivity index (χ4n) is 6.82. The van der Waals surface area contributed by atoms with Gasteiger partial charge in [-0.05, 0) is 96.1 Å². The Morgan fingerprint density at radius 2 is 1.02 bits per heavy atom. The van der Waals surface area contributed by atoms with E-state index in [9.17, 15) is 0 Å². The standard InChI is InChI=1S/C43H26N2O3/c1-3-9-28(10-4-1)43-44-42-39(48-43)24-23-38-41(42)34-21-17-29(25-40(34)47-38)27-15-18-31(19-16-27)45(30-11-5-2-6-12-30)32-20-22-37-35(26-32)33-13-7-8-14-36(33)46-37/h1-26H. The van der Waals surface area contributed by atoms with Crippen molar-refractivity contribution in [3.8, 4) is 22.6 Å². The molecule has 0 spiro atoms. The Hall–Kier alpha value is -6.59. The largest absolute Gasteiger partial charge is 0.456 e. The number of benzene rings is 7. The first-order chi connectivity index (χ1) is 23.8. The van der Waals surface area contributed by atoms with Gasteiger partial charge in [-0.3, -0.25) is 0 Å². The van der Waals surface area contributed by atoms with E-state index in [4.69, 9.17) is 18.2 Å². The topological polar surface area (TPSA) is 55.6 Å². The van der Waals surface area contributed by atoms with Gasteiger partial charge in [0, 0.05) is 38.8 Å². The Morgan fingerprint density at radius 3 is 1.88 bits per heavy atom. The van der Waals surface area contributed by atoms with Crippen LogP contribution in [0.5, 0.6) is 0 Å². The van der Waals surface area contributed by atoms with Gasteiger partial charge in [0.15, 0.2) is 5.58 Å². The molecule has 48 heavy (non-hydrogen) atoms.